The molecule has 0 aromatic heterocycles. The molecule has 5 nitrogen and oxygen atoms in total. The average molecular weight is 283 g/mol. The van der Waals surface area contributed by atoms with E-state index in [1.54, 1.807) is 12.1 Å². The van der Waals surface area contributed by atoms with Crippen molar-refractivity contribution in [1.29, 1.82) is 0 Å². The number of rotatable bonds is 0. The van der Waals surface area contributed by atoms with Crippen LogP contribution in [-0.4, -0.2) is 45.7 Å². The van der Waals surface area contributed by atoms with Gasteiger partial charge >= 0.3 is 0 Å². The molecule has 2 bridgehead atoms. The maximum atomic E-state index is 12.3. The molecule has 2 spiro atoms. The predicted molar refractivity (Wildman–Crippen MR) is 71.1 cm³/mol. The van der Waals surface area contributed by atoms with Gasteiger partial charge in [0, 0.05) is 5.56 Å². The Morgan fingerprint density at radius 2 is 2.24 bits per heavy atom. The first kappa shape index (κ1) is 10.8. The molecule has 1 saturated heterocycles. The fourth-order valence-electron chi connectivity index (χ4n) is 5.87. The topological polar surface area (TPSA) is 69.8 Å². The molecule has 1 saturated carbocycles. The second kappa shape index (κ2) is 2.51. The van der Waals surface area contributed by atoms with Gasteiger partial charge in [0.2, 0.25) is 0 Å². The second-order valence-electron chi connectivity index (χ2n) is 6.98. The third kappa shape index (κ3) is 0.701. The van der Waals surface area contributed by atoms with E-state index < -0.39 is 17.1 Å². The monoisotopic (exact) mass is 283 g/mol. The smallest absolute Gasteiger partial charge is 0.196 e. The van der Waals surface area contributed by atoms with E-state index in [1.807, 2.05) is 13.1 Å². The summed E-state index contributed by atoms with van der Waals surface area (Å²) < 4.78 is 5.82. The van der Waals surface area contributed by atoms with E-state index in [0.29, 0.717) is 12.2 Å². The van der Waals surface area contributed by atoms with Crippen LogP contribution in [0, 0.1) is 0 Å². The highest BCUT2D eigenvalue weighted by Crippen LogP contribution is 2.80. The van der Waals surface area contributed by atoms with Crippen LogP contribution in [0.3, 0.4) is 0 Å². The third-order valence-electron chi connectivity index (χ3n) is 6.57. The number of nitrogens with zero attached hydrogens (tertiary/aromatic N) is 1. The summed E-state index contributed by atoms with van der Waals surface area (Å²) in [5, 5.41) is 21.5. The highest BCUT2D eigenvalue weighted by molar-refractivity contribution is 6.00. The summed E-state index contributed by atoms with van der Waals surface area (Å²) in [7, 11) is 2.01. The number of aliphatic hydroxyl groups is 1. The van der Waals surface area contributed by atoms with Crippen LogP contribution >= 0.6 is 0 Å². The lowest BCUT2D eigenvalue weighted by Gasteiger charge is -2.44. The Hall–Kier alpha value is -1.85. The number of phenolic OH excluding ortho intramolecular Hbond substituents is 1. The van der Waals surface area contributed by atoms with Crippen LogP contribution in [0.4, 0.5) is 0 Å². The van der Waals surface area contributed by atoms with E-state index in [1.165, 1.54) is 6.08 Å². The molecule has 2 N–H and O–H groups in total. The fourth-order valence-corrected chi connectivity index (χ4v) is 5.87. The summed E-state index contributed by atoms with van der Waals surface area (Å²) in [6, 6.07) is 3.55. The minimum absolute atomic E-state index is 0.0107. The molecular weight excluding hydrogens is 270 g/mol. The van der Waals surface area contributed by atoms with Gasteiger partial charge in [-0.25, -0.2) is 0 Å². The lowest BCUT2D eigenvalue weighted by atomic mass is 9.62. The van der Waals surface area contributed by atoms with E-state index in [4.69, 9.17) is 4.74 Å². The molecule has 6 atom stereocenters. The van der Waals surface area contributed by atoms with Gasteiger partial charge in [-0.05, 0) is 37.3 Å². The molecule has 106 valence electrons. The highest BCUT2D eigenvalue weighted by atomic mass is 16.5. The van der Waals surface area contributed by atoms with Gasteiger partial charge in [0.25, 0.3) is 0 Å². The number of fused-ring (bicyclic) bond motifs is 1. The molecule has 6 rings (SSSR count). The Bertz CT molecular complexity index is 817. The lowest BCUT2D eigenvalue weighted by molar-refractivity contribution is -0.130. The number of hydrogen-bond acceptors (Lipinski definition) is 5. The number of hydrogen-bond donors (Lipinski definition) is 2. The number of likely N-dealkylation sites (N-methyl/N-ethyl adjacent to an activating group) is 1. The van der Waals surface area contributed by atoms with E-state index in [-0.39, 0.29) is 23.1 Å². The molecule has 4 unspecified atom stereocenters. The zero-order valence-corrected chi connectivity index (χ0v) is 11.3. The van der Waals surface area contributed by atoms with Gasteiger partial charge in [-0.3, -0.25) is 9.69 Å². The molecule has 2 heterocycles. The maximum absolute atomic E-state index is 12.3. The predicted octanol–water partition coefficient (Wildman–Crippen LogP) is 0.188. The number of carbonyl (C=O) groups is 1. The van der Waals surface area contributed by atoms with Crippen molar-refractivity contribution in [2.45, 2.75) is 35.1 Å². The third-order valence-corrected chi connectivity index (χ3v) is 6.57. The SMILES string of the molecule is CN1[C@@H]2C13C[C@]14c5c3ccc(O)c5OC1C(=O)C=CC24O. The number of aromatic hydroxyl groups is 1. The van der Waals surface area contributed by atoms with Gasteiger partial charge in [0.15, 0.2) is 23.4 Å². The molecule has 0 amide bonds. The number of carbonyl (C=O) groups excluding carboxylic acids is 1. The van der Waals surface area contributed by atoms with Crippen molar-refractivity contribution < 1.29 is 19.7 Å². The average Bonchev–Trinajstić information content (AvgIpc) is 2.76. The van der Waals surface area contributed by atoms with E-state index in [2.05, 4.69) is 4.90 Å². The van der Waals surface area contributed by atoms with E-state index in [0.717, 1.165) is 11.1 Å². The number of phenols is 1. The summed E-state index contributed by atoms with van der Waals surface area (Å²) in [6.45, 7) is 0. The van der Waals surface area contributed by atoms with Crippen molar-refractivity contribution in [2.24, 2.45) is 0 Å². The van der Waals surface area contributed by atoms with Crippen LogP contribution in [0.25, 0.3) is 0 Å². The first-order valence-electron chi connectivity index (χ1n) is 7.20. The molecule has 1 aromatic rings. The van der Waals surface area contributed by atoms with Gasteiger partial charge in [-0.1, -0.05) is 6.07 Å². The van der Waals surface area contributed by atoms with Crippen LogP contribution in [-0.2, 0) is 15.7 Å². The Morgan fingerprint density at radius 1 is 1.43 bits per heavy atom. The van der Waals surface area contributed by atoms with Crippen molar-refractivity contribution in [1.82, 2.24) is 4.90 Å². The number of likely N-dealkylation sites (tertiary alicyclic amines) is 1. The van der Waals surface area contributed by atoms with E-state index >= 15 is 0 Å². The molecule has 0 radical (unpaired) electrons. The molecule has 5 aliphatic rings. The summed E-state index contributed by atoms with van der Waals surface area (Å²) in [4.78, 5) is 14.5. The number of ether oxygens (including phenoxy) is 1. The van der Waals surface area contributed by atoms with Crippen molar-refractivity contribution in [3.05, 3.63) is 35.4 Å². The Labute approximate surface area is 120 Å². The summed E-state index contributed by atoms with van der Waals surface area (Å²) in [5.74, 6) is 0.322. The molecular formula is C16H13NO4. The van der Waals surface area contributed by atoms with Crippen molar-refractivity contribution in [2.75, 3.05) is 7.05 Å². The minimum atomic E-state index is -1.09. The summed E-state index contributed by atoms with van der Waals surface area (Å²) in [5.41, 5.74) is -0.0543. The molecule has 3 aliphatic carbocycles. The molecule has 1 aromatic carbocycles. The minimum Gasteiger partial charge on any atom is -0.504 e. The van der Waals surface area contributed by atoms with E-state index in [9.17, 15) is 15.0 Å². The largest absolute Gasteiger partial charge is 0.504 e. The Morgan fingerprint density at radius 3 is 3.05 bits per heavy atom. The van der Waals surface area contributed by atoms with Crippen LogP contribution < -0.4 is 4.74 Å². The number of benzene rings is 1. The first-order chi connectivity index (χ1) is 9.98. The zero-order valence-electron chi connectivity index (χ0n) is 11.3. The van der Waals surface area contributed by atoms with Crippen molar-refractivity contribution in [3.8, 4) is 11.5 Å². The quantitative estimate of drug-likeness (QED) is 0.665. The van der Waals surface area contributed by atoms with Gasteiger partial charge in [-0.15, -0.1) is 0 Å². The Balaban J connectivity index is 1.82. The normalized spacial score (nSPS) is 52.7. The molecule has 5 heteroatoms. The molecule has 21 heavy (non-hydrogen) atoms. The molecule has 2 aliphatic heterocycles. The van der Waals surface area contributed by atoms with Crippen molar-refractivity contribution >= 4 is 5.78 Å². The van der Waals surface area contributed by atoms with Crippen molar-refractivity contribution in [3.63, 3.8) is 0 Å². The Kier molecular flexibility index (Phi) is 1.29. The summed E-state index contributed by atoms with van der Waals surface area (Å²) in [6.07, 6.45) is 3.08. The van der Waals surface area contributed by atoms with Gasteiger partial charge in [0.05, 0.1) is 17.0 Å². The van der Waals surface area contributed by atoms with Crippen LogP contribution in [0.2, 0.25) is 0 Å². The first-order valence-corrected chi connectivity index (χ1v) is 7.20. The second-order valence-corrected chi connectivity index (χ2v) is 6.98. The van der Waals surface area contributed by atoms with Gasteiger partial charge < -0.3 is 14.9 Å². The number of piperidine rings is 1. The highest BCUT2D eigenvalue weighted by Gasteiger charge is 2.90. The standard InChI is InChI=1S/C16H13NO4/c1-17-13-15(17)6-14-10-7(15)2-3-8(18)11(10)21-12(14)9(19)4-5-16(13,14)20/h2-5,12-13,18,20H,6H2,1H3/t12?,13-,14+,15?,16?,17?/m1/s1. The fraction of sp³-hybridized carbons (Fsp3) is 0.438. The summed E-state index contributed by atoms with van der Waals surface area (Å²) >= 11 is 0. The number of ketones is 1. The van der Waals surface area contributed by atoms with Gasteiger partial charge in [0.1, 0.15) is 5.60 Å². The van der Waals surface area contributed by atoms with Gasteiger partial charge in [-0.2, -0.15) is 0 Å². The maximum Gasteiger partial charge on any atom is 0.196 e. The zero-order chi connectivity index (χ0) is 14.4. The van der Waals surface area contributed by atoms with Crippen LogP contribution in [0.5, 0.6) is 11.5 Å². The molecule has 2 fully saturated rings. The lowest BCUT2D eigenvalue weighted by Crippen LogP contribution is -2.61. The van der Waals surface area contributed by atoms with Crippen LogP contribution in [0.1, 0.15) is 17.5 Å². The van der Waals surface area contributed by atoms with Crippen LogP contribution in [0.15, 0.2) is 24.3 Å².